The molecule has 0 unspecified atom stereocenters. The first-order valence-electron chi connectivity index (χ1n) is 36.2. The largest absolute Gasteiger partial charge is 0.486 e. The second-order valence-corrected chi connectivity index (χ2v) is 31.5. The summed E-state index contributed by atoms with van der Waals surface area (Å²) in [5, 5.41) is 30.1. The van der Waals surface area contributed by atoms with E-state index >= 15 is 0 Å². The molecule has 14 nitrogen and oxygen atoms in total. The van der Waals surface area contributed by atoms with E-state index in [1.54, 1.807) is 25.0 Å². The van der Waals surface area contributed by atoms with Gasteiger partial charge in [0.15, 0.2) is 11.5 Å². The van der Waals surface area contributed by atoms with E-state index < -0.39 is 0 Å². The Labute approximate surface area is 606 Å². The van der Waals surface area contributed by atoms with E-state index in [1.165, 1.54) is 64.9 Å². The molecule has 0 amide bonds. The van der Waals surface area contributed by atoms with Crippen LogP contribution in [-0.2, 0) is 0 Å². The fourth-order valence-corrected chi connectivity index (χ4v) is 13.0. The number of fused-ring (bicyclic) bond motifs is 6. The summed E-state index contributed by atoms with van der Waals surface area (Å²) in [5.74, 6) is 4.87. The minimum Gasteiger partial charge on any atom is -0.486 e. The van der Waals surface area contributed by atoms with Gasteiger partial charge in [-0.2, -0.15) is 0 Å². The van der Waals surface area contributed by atoms with Gasteiger partial charge in [0.25, 0.3) is 0 Å². The van der Waals surface area contributed by atoms with Crippen molar-refractivity contribution in [3.8, 4) is 11.5 Å². The van der Waals surface area contributed by atoms with E-state index in [0.29, 0.717) is 85.0 Å². The predicted molar refractivity (Wildman–Crippen MR) is 437 cm³/mol. The molecule has 0 aliphatic carbocycles. The third-order valence-electron chi connectivity index (χ3n) is 16.4. The molecule has 0 radical (unpaired) electrons. The van der Waals surface area contributed by atoms with Crippen LogP contribution in [0.3, 0.4) is 0 Å². The number of benzene rings is 6. The van der Waals surface area contributed by atoms with Crippen LogP contribution in [0.1, 0.15) is 235 Å². The summed E-state index contributed by atoms with van der Waals surface area (Å²) in [6, 6.07) is 33.4. The zero-order chi connectivity index (χ0) is 73.1. The van der Waals surface area contributed by atoms with E-state index in [-0.39, 0.29) is 0 Å². The summed E-state index contributed by atoms with van der Waals surface area (Å²) in [5.41, 5.74) is 18.8. The van der Waals surface area contributed by atoms with Crippen LogP contribution in [0.15, 0.2) is 133 Å². The van der Waals surface area contributed by atoms with E-state index in [9.17, 15) is 0 Å². The van der Waals surface area contributed by atoms with Crippen molar-refractivity contribution in [2.75, 3.05) is 45.1 Å². The number of ether oxygens (including phenoxy) is 2. The second kappa shape index (κ2) is 37.4. The molecule has 16 heteroatoms. The van der Waals surface area contributed by atoms with Gasteiger partial charge in [-0.1, -0.05) is 83.1 Å². The first-order chi connectivity index (χ1) is 47.5. The number of aromatic nitrogens is 6. The molecular weight excluding hydrogens is 1270 g/mol. The standard InChI is InChI=1S/3C14H19N3.C14H21NO2.2C14H19NS/c1-9(2)11-5-13-12(7-15-8-16-13)14(6-11)17-10(3)4;1-9(2)11-5-12-7-15-8-16-14(12)13(6-11)17-10(3)4;1-9(2)11-7-12-14(16-6-5-15-12)13(8-11)17-10(3)4;1-9(2)11-7-12(15-10(3)4)14-13(8-11)16-5-6-17-14;1-9(2)11-7-13(15-10(3)4)12-5-6-16-14(12)8-11;1-9(2)12-7-11-5-6-16-14(11)13(8-12)15-10(3)4/h3*5-10,17H,1-4H3;7-10,15H,5-6H2,1-4H3;2*5-10,15H,1-4H3. The minimum absolute atomic E-state index is 0.382. The van der Waals surface area contributed by atoms with Crippen molar-refractivity contribution < 1.29 is 9.47 Å². The van der Waals surface area contributed by atoms with Crippen molar-refractivity contribution >= 4 is 110 Å². The van der Waals surface area contributed by atoms with Gasteiger partial charge in [0.1, 0.15) is 31.4 Å². The number of nitrogens with one attached hydrogen (secondary N) is 6. The molecule has 6 aromatic carbocycles. The Kier molecular flexibility index (Phi) is 29.5. The molecule has 0 bridgehead atoms. The summed E-state index contributed by atoms with van der Waals surface area (Å²) < 4.78 is 14.1. The number of rotatable bonds is 18. The SMILES string of the molecule is CC(C)Nc1cc(C(C)C)cc2c1OCCO2.CC(C)Nc1cc(C(C)C)cc2ccsc12.CC(C)Nc1cc(C(C)C)cc2cncnc12.CC(C)Nc1cc(C(C)C)cc2nccnc12.CC(C)Nc1cc(C(C)C)cc2ncncc12.CC(C)Nc1cc(C(C)C)cc2sccc12. The molecule has 5 aromatic heterocycles. The van der Waals surface area contributed by atoms with Crippen molar-refractivity contribution in [2.45, 2.75) is 238 Å². The Morgan fingerprint density at radius 3 is 1.34 bits per heavy atom. The van der Waals surface area contributed by atoms with Gasteiger partial charge >= 0.3 is 0 Å². The smallest absolute Gasteiger partial charge is 0.184 e. The van der Waals surface area contributed by atoms with E-state index in [1.807, 2.05) is 35.1 Å². The molecule has 6 N–H and O–H groups in total. The van der Waals surface area contributed by atoms with Gasteiger partial charge in [-0.05, 0) is 253 Å². The Hall–Kier alpha value is -8.34. The fraction of sp³-hybridized carbons (Fsp3) is 0.452. The fourth-order valence-electron chi connectivity index (χ4n) is 11.2. The Bertz CT molecular complexity index is 4030. The number of anilines is 6. The molecule has 0 spiro atoms. The van der Waals surface area contributed by atoms with Crippen LogP contribution < -0.4 is 41.4 Å². The molecule has 0 atom stereocenters. The first kappa shape index (κ1) is 79.0. The van der Waals surface area contributed by atoms with Gasteiger partial charge < -0.3 is 41.4 Å². The van der Waals surface area contributed by atoms with Crippen LogP contribution in [-0.4, -0.2) is 79.4 Å². The van der Waals surface area contributed by atoms with Crippen molar-refractivity contribution in [3.05, 3.63) is 167 Å². The molecule has 536 valence electrons. The van der Waals surface area contributed by atoms with Gasteiger partial charge in [0.05, 0.1) is 44.0 Å². The lowest BCUT2D eigenvalue weighted by Crippen LogP contribution is -2.19. The predicted octanol–water partition coefficient (Wildman–Crippen LogP) is 23.8. The van der Waals surface area contributed by atoms with E-state index in [4.69, 9.17) is 9.47 Å². The highest BCUT2D eigenvalue weighted by Crippen LogP contribution is 2.42. The highest BCUT2D eigenvalue weighted by Gasteiger charge is 2.20. The normalized spacial score (nSPS) is 12.0. The van der Waals surface area contributed by atoms with Crippen LogP contribution in [0.25, 0.3) is 53.0 Å². The topological polar surface area (TPSA) is 168 Å². The van der Waals surface area contributed by atoms with Crippen LogP contribution in [0, 0.1) is 0 Å². The molecule has 11 aromatic rings. The Balaban J connectivity index is 0.000000169. The Morgan fingerprint density at radius 1 is 0.340 bits per heavy atom. The molecule has 6 heterocycles. The summed E-state index contributed by atoms with van der Waals surface area (Å²) in [6.07, 6.45) is 10.4. The maximum Gasteiger partial charge on any atom is 0.184 e. The van der Waals surface area contributed by atoms with Crippen molar-refractivity contribution in [2.24, 2.45) is 0 Å². The quantitative estimate of drug-likeness (QED) is 0.0480. The molecule has 1 aliphatic heterocycles. The second-order valence-electron chi connectivity index (χ2n) is 29.7. The zero-order valence-corrected chi connectivity index (χ0v) is 66.0. The van der Waals surface area contributed by atoms with Crippen molar-refractivity contribution in [1.29, 1.82) is 0 Å². The molecule has 0 fully saturated rings. The summed E-state index contributed by atoms with van der Waals surface area (Å²) in [7, 11) is 0. The van der Waals surface area contributed by atoms with Crippen LogP contribution in [0.2, 0.25) is 0 Å². The Morgan fingerprint density at radius 2 is 0.760 bits per heavy atom. The molecule has 0 saturated heterocycles. The maximum absolute atomic E-state index is 5.70. The number of hydrogen-bond acceptors (Lipinski definition) is 16. The number of thiophene rings is 2. The summed E-state index contributed by atoms with van der Waals surface area (Å²) >= 11 is 3.63. The highest BCUT2D eigenvalue weighted by molar-refractivity contribution is 7.18. The zero-order valence-electron chi connectivity index (χ0n) is 64.4. The van der Waals surface area contributed by atoms with Crippen molar-refractivity contribution in [3.63, 3.8) is 0 Å². The lowest BCUT2D eigenvalue weighted by atomic mass is 10.0. The third kappa shape index (κ3) is 22.8. The van der Waals surface area contributed by atoms with Crippen molar-refractivity contribution in [1.82, 2.24) is 29.9 Å². The lowest BCUT2D eigenvalue weighted by molar-refractivity contribution is 0.172. The van der Waals surface area contributed by atoms with Gasteiger partial charge in [0.2, 0.25) is 0 Å². The van der Waals surface area contributed by atoms with E-state index in [2.05, 4.69) is 324 Å². The summed E-state index contributed by atoms with van der Waals surface area (Å²) in [6.45, 7) is 53.5. The van der Waals surface area contributed by atoms with Gasteiger partial charge in [-0.15, -0.1) is 22.7 Å². The van der Waals surface area contributed by atoms with E-state index in [0.717, 1.165) is 67.1 Å². The monoisotopic (exact) mass is 1390 g/mol. The van der Waals surface area contributed by atoms with Crippen LogP contribution in [0.5, 0.6) is 11.5 Å². The summed E-state index contributed by atoms with van der Waals surface area (Å²) in [4.78, 5) is 25.7. The maximum atomic E-state index is 5.70. The third-order valence-corrected chi connectivity index (χ3v) is 18.2. The average Bonchev–Trinajstić information content (AvgIpc) is 1.45. The lowest BCUT2D eigenvalue weighted by Gasteiger charge is -2.24. The number of nitrogens with zero attached hydrogens (tertiary/aromatic N) is 6. The molecule has 12 rings (SSSR count). The average molecular weight is 1390 g/mol. The highest BCUT2D eigenvalue weighted by atomic mass is 32.1. The van der Waals surface area contributed by atoms with Crippen LogP contribution in [0.4, 0.5) is 34.1 Å². The minimum atomic E-state index is 0.382. The molecule has 0 saturated carbocycles. The van der Waals surface area contributed by atoms with Gasteiger partial charge in [-0.25, -0.2) is 19.9 Å². The van der Waals surface area contributed by atoms with Gasteiger partial charge in [0, 0.05) is 93.3 Å². The first-order valence-corrected chi connectivity index (χ1v) is 38.0. The number of hydrogen-bond donors (Lipinski definition) is 6. The van der Waals surface area contributed by atoms with Gasteiger partial charge in [-0.3, -0.25) is 9.97 Å². The van der Waals surface area contributed by atoms with Crippen LogP contribution >= 0.6 is 22.7 Å². The molecule has 100 heavy (non-hydrogen) atoms. The molecular formula is C84H116N12O2S2. The molecule has 1 aliphatic rings.